The van der Waals surface area contributed by atoms with Gasteiger partial charge in [-0.2, -0.15) is 0 Å². The molecule has 2 aliphatic heterocycles. The maximum absolute atomic E-state index is 4.63. The Morgan fingerprint density at radius 1 is 0.857 bits per heavy atom. The van der Waals surface area contributed by atoms with E-state index in [0.29, 0.717) is 5.41 Å². The zero-order valence-corrected chi connectivity index (χ0v) is 18.7. The van der Waals surface area contributed by atoms with E-state index in [-0.39, 0.29) is 0 Å². The first kappa shape index (κ1) is 21.9. The Balaban J connectivity index is 1.35. The fourth-order valence-corrected chi connectivity index (χ4v) is 5.60. The molecule has 0 aromatic heterocycles. The summed E-state index contributed by atoms with van der Waals surface area (Å²) in [7, 11) is 1.96. The molecule has 0 radical (unpaired) electrons. The van der Waals surface area contributed by atoms with Gasteiger partial charge in [-0.05, 0) is 57.0 Å². The zero-order valence-electron chi connectivity index (χ0n) is 18.7. The minimum atomic E-state index is 0.576. The highest BCUT2D eigenvalue weighted by Crippen LogP contribution is 2.42. The molecule has 5 heteroatoms. The van der Waals surface area contributed by atoms with Crippen molar-refractivity contribution in [2.24, 2.45) is 10.4 Å². The summed E-state index contributed by atoms with van der Waals surface area (Å²) in [5, 5.41) is 3.68. The van der Waals surface area contributed by atoms with Crippen molar-refractivity contribution in [1.82, 2.24) is 20.0 Å². The molecule has 162 valence electrons. The molecule has 1 aliphatic carbocycles. The Kier molecular flexibility index (Phi) is 8.91. The van der Waals surface area contributed by atoms with E-state index in [1.54, 1.807) is 0 Å². The van der Waals surface area contributed by atoms with Gasteiger partial charge in [0.15, 0.2) is 5.96 Å². The molecular weight excluding hydrogens is 346 g/mol. The second-order valence-electron chi connectivity index (χ2n) is 9.40. The van der Waals surface area contributed by atoms with Gasteiger partial charge in [-0.25, -0.2) is 0 Å². The largest absolute Gasteiger partial charge is 0.356 e. The highest BCUT2D eigenvalue weighted by Gasteiger charge is 2.36. The van der Waals surface area contributed by atoms with Crippen molar-refractivity contribution in [1.29, 1.82) is 0 Å². The molecule has 1 N–H and O–H groups in total. The monoisotopic (exact) mass is 391 g/mol. The molecular formula is C23H45N5. The molecule has 3 aliphatic rings. The van der Waals surface area contributed by atoms with Gasteiger partial charge in [-0.3, -0.25) is 4.99 Å². The lowest BCUT2D eigenvalue weighted by atomic mass is 9.74. The lowest BCUT2D eigenvalue weighted by molar-refractivity contribution is 0.115. The highest BCUT2D eigenvalue weighted by atomic mass is 15.3. The summed E-state index contributed by atoms with van der Waals surface area (Å²) in [6.45, 7) is 13.2. The van der Waals surface area contributed by atoms with E-state index in [9.17, 15) is 0 Å². The predicted molar refractivity (Wildman–Crippen MR) is 120 cm³/mol. The molecule has 0 aromatic rings. The van der Waals surface area contributed by atoms with Crippen molar-refractivity contribution in [3.63, 3.8) is 0 Å². The summed E-state index contributed by atoms with van der Waals surface area (Å²) in [6.07, 6.45) is 13.9. The van der Waals surface area contributed by atoms with E-state index in [2.05, 4.69) is 31.9 Å². The number of likely N-dealkylation sites (tertiary alicyclic amines) is 1. The second kappa shape index (κ2) is 11.4. The zero-order chi connectivity index (χ0) is 19.7. The average Bonchev–Trinajstić information content (AvgIpc) is 2.96. The average molecular weight is 392 g/mol. The number of unbranched alkanes of at least 4 members (excludes halogenated alkanes) is 1. The Bertz CT molecular complexity index is 462. The number of piperazine rings is 1. The number of nitrogens with zero attached hydrogens (tertiary/aromatic N) is 4. The number of hydrogen-bond donors (Lipinski definition) is 1. The van der Waals surface area contributed by atoms with E-state index in [1.807, 2.05) is 7.05 Å². The number of rotatable bonds is 6. The van der Waals surface area contributed by atoms with Gasteiger partial charge in [0.25, 0.3) is 0 Å². The van der Waals surface area contributed by atoms with Crippen LogP contribution in [0.15, 0.2) is 4.99 Å². The molecule has 0 aromatic carbocycles. The van der Waals surface area contributed by atoms with Crippen LogP contribution in [-0.4, -0.2) is 86.6 Å². The van der Waals surface area contributed by atoms with Gasteiger partial charge in [0, 0.05) is 52.9 Å². The molecule has 3 fully saturated rings. The molecule has 0 amide bonds. The molecule has 1 spiro atoms. The van der Waals surface area contributed by atoms with Crippen molar-refractivity contribution in [3.8, 4) is 0 Å². The van der Waals surface area contributed by atoms with Crippen LogP contribution in [0.1, 0.15) is 71.1 Å². The molecule has 0 bridgehead atoms. The van der Waals surface area contributed by atoms with Gasteiger partial charge < -0.3 is 20.0 Å². The molecule has 5 nitrogen and oxygen atoms in total. The molecule has 0 atom stereocenters. The van der Waals surface area contributed by atoms with Crippen LogP contribution < -0.4 is 5.32 Å². The minimum Gasteiger partial charge on any atom is -0.356 e. The van der Waals surface area contributed by atoms with Crippen LogP contribution in [0.25, 0.3) is 0 Å². The van der Waals surface area contributed by atoms with E-state index < -0.39 is 0 Å². The maximum atomic E-state index is 4.63. The fraction of sp³-hybridized carbons (Fsp3) is 0.957. The Labute approximate surface area is 173 Å². The summed E-state index contributed by atoms with van der Waals surface area (Å²) < 4.78 is 0. The predicted octanol–water partition coefficient (Wildman–Crippen LogP) is 3.42. The molecule has 0 unspecified atom stereocenters. The summed E-state index contributed by atoms with van der Waals surface area (Å²) in [5.41, 5.74) is 0.576. The van der Waals surface area contributed by atoms with Crippen LogP contribution in [0.4, 0.5) is 0 Å². The summed E-state index contributed by atoms with van der Waals surface area (Å²) >= 11 is 0. The van der Waals surface area contributed by atoms with Crippen molar-refractivity contribution < 1.29 is 0 Å². The van der Waals surface area contributed by atoms with Crippen LogP contribution in [0.5, 0.6) is 0 Å². The molecule has 1 saturated carbocycles. The summed E-state index contributed by atoms with van der Waals surface area (Å²) in [6, 6.07) is 0. The first-order chi connectivity index (χ1) is 13.7. The van der Waals surface area contributed by atoms with Crippen molar-refractivity contribution in [2.45, 2.75) is 71.1 Å². The maximum Gasteiger partial charge on any atom is 0.193 e. The van der Waals surface area contributed by atoms with E-state index in [4.69, 9.17) is 0 Å². The third kappa shape index (κ3) is 6.35. The Hall–Kier alpha value is -0.810. The van der Waals surface area contributed by atoms with Crippen LogP contribution >= 0.6 is 0 Å². The van der Waals surface area contributed by atoms with E-state index >= 15 is 0 Å². The minimum absolute atomic E-state index is 0.576. The van der Waals surface area contributed by atoms with Crippen LogP contribution in [-0.2, 0) is 0 Å². The van der Waals surface area contributed by atoms with Crippen molar-refractivity contribution in [3.05, 3.63) is 0 Å². The first-order valence-corrected chi connectivity index (χ1v) is 12.1. The first-order valence-electron chi connectivity index (χ1n) is 12.1. The molecule has 3 rings (SSSR count). The molecule has 2 heterocycles. The van der Waals surface area contributed by atoms with Gasteiger partial charge in [0.05, 0.1) is 0 Å². The summed E-state index contributed by atoms with van der Waals surface area (Å²) in [5.74, 6) is 1.15. The van der Waals surface area contributed by atoms with Gasteiger partial charge in [-0.1, -0.05) is 32.6 Å². The normalized spacial score (nSPS) is 25.1. The van der Waals surface area contributed by atoms with E-state index in [1.165, 1.54) is 117 Å². The lowest BCUT2D eigenvalue weighted by Gasteiger charge is -2.44. The number of likely N-dealkylation sites (N-methyl/N-ethyl adjacent to an activating group) is 1. The van der Waals surface area contributed by atoms with E-state index in [0.717, 1.165) is 12.5 Å². The van der Waals surface area contributed by atoms with Gasteiger partial charge >= 0.3 is 0 Å². The highest BCUT2D eigenvalue weighted by molar-refractivity contribution is 5.80. The third-order valence-electron chi connectivity index (χ3n) is 7.43. The SMILES string of the molecule is CCN1CCN(CCCCNC(=NC)N2CCCC3(CCCCCC3)C2)CC1. The quantitative estimate of drug-likeness (QED) is 0.427. The lowest BCUT2D eigenvalue weighted by Crippen LogP contribution is -2.50. The van der Waals surface area contributed by atoms with Crippen LogP contribution in [0.3, 0.4) is 0 Å². The standard InChI is InChI=1S/C23H45N5/c1-3-26-17-19-27(20-18-26)15-9-8-14-25-22(24-2)28-16-10-13-23(21-28)11-6-4-5-7-12-23/h3-21H2,1-2H3,(H,24,25). The Morgan fingerprint density at radius 2 is 1.54 bits per heavy atom. The van der Waals surface area contributed by atoms with Gasteiger partial charge in [-0.15, -0.1) is 0 Å². The Morgan fingerprint density at radius 3 is 2.21 bits per heavy atom. The van der Waals surface area contributed by atoms with Crippen molar-refractivity contribution in [2.75, 3.05) is 66.0 Å². The number of nitrogens with one attached hydrogen (secondary N) is 1. The third-order valence-corrected chi connectivity index (χ3v) is 7.43. The number of guanidine groups is 1. The topological polar surface area (TPSA) is 34.1 Å². The van der Waals surface area contributed by atoms with Crippen molar-refractivity contribution >= 4 is 5.96 Å². The van der Waals surface area contributed by atoms with Gasteiger partial charge in [0.1, 0.15) is 0 Å². The van der Waals surface area contributed by atoms with Crippen LogP contribution in [0, 0.1) is 5.41 Å². The number of aliphatic imine (C=N–C) groups is 1. The molecule has 28 heavy (non-hydrogen) atoms. The van der Waals surface area contributed by atoms with Crippen LogP contribution in [0.2, 0.25) is 0 Å². The van der Waals surface area contributed by atoms with Gasteiger partial charge in [0.2, 0.25) is 0 Å². The number of hydrogen-bond acceptors (Lipinski definition) is 3. The smallest absolute Gasteiger partial charge is 0.193 e. The number of piperidine rings is 1. The molecule has 2 saturated heterocycles. The fourth-order valence-electron chi connectivity index (χ4n) is 5.60. The second-order valence-corrected chi connectivity index (χ2v) is 9.40. The summed E-state index contributed by atoms with van der Waals surface area (Å²) in [4.78, 5) is 12.4.